The van der Waals surface area contributed by atoms with E-state index in [2.05, 4.69) is 21.1 Å². The van der Waals surface area contributed by atoms with Gasteiger partial charge in [-0.1, -0.05) is 12.1 Å². The Balaban J connectivity index is 1.40. The number of ketones is 2. The van der Waals surface area contributed by atoms with Gasteiger partial charge in [0.1, 0.15) is 25.3 Å². The van der Waals surface area contributed by atoms with Crippen molar-refractivity contribution in [3.63, 3.8) is 0 Å². The number of nitrogen functional groups attached to an aromatic ring is 1. The SMILES string of the molecule is NC1=C2C(=O)C=C(S(=O)(=O)O)C=C2C=C(S(=O)(=O)O)/C1=N\Nc1ccc(-c2ccc(N/N=C3\C(=O)c4c(N)cc(S(=O)(=O)O)cc4C=C3S(=O)(=O)O)cc2S(=O)(=O)O)c(S(=O)(=O)O)c1. The maximum absolute atomic E-state index is 13.4. The molecular formula is C32H24N6O20S6. The van der Waals surface area contributed by atoms with Crippen LogP contribution in [0, 0.1) is 0 Å². The molecule has 6 rings (SSSR count). The summed E-state index contributed by atoms with van der Waals surface area (Å²) in [6.07, 6.45) is 2.29. The molecule has 26 nitrogen and oxygen atoms in total. The summed E-state index contributed by atoms with van der Waals surface area (Å²) in [4.78, 5) is 19.8. The number of benzene rings is 3. The van der Waals surface area contributed by atoms with Crippen molar-refractivity contribution in [2.24, 2.45) is 15.9 Å². The van der Waals surface area contributed by atoms with Crippen LogP contribution in [0.15, 0.2) is 123 Å². The third kappa shape index (κ3) is 9.32. The molecule has 0 radical (unpaired) electrons. The largest absolute Gasteiger partial charge is 0.398 e. The molecule has 0 saturated heterocycles. The first-order valence-electron chi connectivity index (χ1n) is 16.4. The molecule has 12 N–H and O–H groups in total. The quantitative estimate of drug-likeness (QED) is 0.0715. The van der Waals surface area contributed by atoms with Gasteiger partial charge < -0.3 is 11.5 Å². The van der Waals surface area contributed by atoms with E-state index in [-0.39, 0.29) is 0 Å². The Morgan fingerprint density at radius 3 is 1.45 bits per heavy atom. The van der Waals surface area contributed by atoms with Crippen LogP contribution in [0.2, 0.25) is 0 Å². The Morgan fingerprint density at radius 1 is 0.516 bits per heavy atom. The van der Waals surface area contributed by atoms with Gasteiger partial charge in [0.2, 0.25) is 5.78 Å². The van der Waals surface area contributed by atoms with Crippen LogP contribution in [0.1, 0.15) is 15.9 Å². The van der Waals surface area contributed by atoms with Crippen molar-refractivity contribution in [2.75, 3.05) is 16.6 Å². The maximum atomic E-state index is 13.4. The number of fused-ring (bicyclic) bond motifs is 2. The lowest BCUT2D eigenvalue weighted by Gasteiger charge is -2.22. The summed E-state index contributed by atoms with van der Waals surface area (Å²) in [6, 6.07) is 6.12. The van der Waals surface area contributed by atoms with Crippen molar-refractivity contribution < 1.29 is 87.4 Å². The van der Waals surface area contributed by atoms with Gasteiger partial charge in [0.25, 0.3) is 60.7 Å². The molecule has 0 unspecified atom stereocenters. The van der Waals surface area contributed by atoms with Crippen LogP contribution in [0.4, 0.5) is 17.1 Å². The number of Topliss-reactive ketones (excluding diaryl/α,β-unsaturated/α-hetero) is 1. The summed E-state index contributed by atoms with van der Waals surface area (Å²) in [5.74, 6) is -2.48. The van der Waals surface area contributed by atoms with E-state index in [0.717, 1.165) is 24.3 Å². The number of nitrogens with one attached hydrogen (secondary N) is 2. The summed E-state index contributed by atoms with van der Waals surface area (Å²) in [5.41, 5.74) is 8.55. The zero-order valence-electron chi connectivity index (χ0n) is 30.8. The lowest BCUT2D eigenvalue weighted by Crippen LogP contribution is -2.29. The maximum Gasteiger partial charge on any atom is 0.296 e. The van der Waals surface area contributed by atoms with E-state index in [1.165, 1.54) is 0 Å². The normalized spacial score (nSPS) is 17.6. The Hall–Kier alpha value is -6.30. The van der Waals surface area contributed by atoms with Crippen molar-refractivity contribution in [2.45, 2.75) is 14.7 Å². The second-order valence-electron chi connectivity index (χ2n) is 13.0. The predicted octanol–water partition coefficient (Wildman–Crippen LogP) is 0.616. The average Bonchev–Trinajstić information content (AvgIpc) is 3.14. The van der Waals surface area contributed by atoms with Gasteiger partial charge in [-0.3, -0.25) is 47.8 Å². The lowest BCUT2D eigenvalue weighted by atomic mass is 9.89. The van der Waals surface area contributed by atoms with Crippen molar-refractivity contribution in [1.29, 1.82) is 0 Å². The van der Waals surface area contributed by atoms with Crippen LogP contribution < -0.4 is 22.3 Å². The first-order valence-corrected chi connectivity index (χ1v) is 25.0. The number of carbonyl (C=O) groups excluding carboxylic acids is 2. The molecule has 0 amide bonds. The van der Waals surface area contributed by atoms with Gasteiger partial charge in [0.05, 0.1) is 38.0 Å². The highest BCUT2D eigenvalue weighted by Gasteiger charge is 2.37. The van der Waals surface area contributed by atoms with Crippen molar-refractivity contribution in [3.05, 3.63) is 109 Å². The summed E-state index contributed by atoms with van der Waals surface area (Å²) < 4.78 is 205. The highest BCUT2D eigenvalue weighted by Crippen LogP contribution is 2.38. The van der Waals surface area contributed by atoms with Crippen LogP contribution in [-0.2, 0) is 65.5 Å². The molecule has 3 aromatic carbocycles. The smallest absolute Gasteiger partial charge is 0.296 e. The van der Waals surface area contributed by atoms with E-state index < -0.39 is 169 Å². The van der Waals surface area contributed by atoms with Crippen LogP contribution in [-0.4, -0.2) is 101 Å². The Morgan fingerprint density at radius 2 is 1.00 bits per heavy atom. The Labute approximate surface area is 360 Å². The van der Waals surface area contributed by atoms with Crippen molar-refractivity contribution in [1.82, 2.24) is 0 Å². The van der Waals surface area contributed by atoms with Crippen LogP contribution in [0.3, 0.4) is 0 Å². The minimum Gasteiger partial charge on any atom is -0.398 e. The molecule has 0 aromatic heterocycles. The highest BCUT2D eigenvalue weighted by molar-refractivity contribution is 7.91. The average molecular weight is 1000 g/mol. The van der Waals surface area contributed by atoms with Gasteiger partial charge in [-0.2, -0.15) is 60.7 Å². The van der Waals surface area contributed by atoms with Gasteiger partial charge in [0.15, 0.2) is 11.5 Å². The fourth-order valence-electron chi connectivity index (χ4n) is 6.16. The molecule has 32 heteroatoms. The number of rotatable bonds is 11. The summed E-state index contributed by atoms with van der Waals surface area (Å²) in [7, 11) is -31.4. The minimum atomic E-state index is -5.40. The zero-order valence-corrected chi connectivity index (χ0v) is 35.7. The summed E-state index contributed by atoms with van der Waals surface area (Å²) in [6.45, 7) is 0. The van der Waals surface area contributed by atoms with Crippen LogP contribution in [0.5, 0.6) is 0 Å². The molecule has 0 fully saturated rings. The first kappa shape index (κ1) is 47.2. The van der Waals surface area contributed by atoms with E-state index in [1.807, 2.05) is 0 Å². The summed E-state index contributed by atoms with van der Waals surface area (Å²) in [5, 5.41) is 7.38. The van der Waals surface area contributed by atoms with Crippen LogP contribution in [0.25, 0.3) is 17.2 Å². The fraction of sp³-hybridized carbons (Fsp3) is 0. The van der Waals surface area contributed by atoms with E-state index in [4.69, 9.17) is 11.5 Å². The van der Waals surface area contributed by atoms with Crippen molar-refractivity contribution in [3.8, 4) is 11.1 Å². The number of hydrogen-bond acceptors (Lipinski definition) is 20. The van der Waals surface area contributed by atoms with Gasteiger partial charge in [-0.25, -0.2) is 0 Å². The number of hydrogen-bond donors (Lipinski definition) is 10. The van der Waals surface area contributed by atoms with E-state index in [0.29, 0.717) is 48.6 Å². The molecule has 0 aliphatic heterocycles. The van der Waals surface area contributed by atoms with E-state index >= 15 is 0 Å². The number of allylic oxidation sites excluding steroid dienone is 7. The topological polar surface area (TPSA) is 461 Å². The molecule has 3 aliphatic rings. The third-order valence-electron chi connectivity index (χ3n) is 8.84. The highest BCUT2D eigenvalue weighted by atomic mass is 32.2. The predicted molar refractivity (Wildman–Crippen MR) is 222 cm³/mol. The molecule has 0 spiro atoms. The van der Waals surface area contributed by atoms with E-state index in [1.54, 1.807) is 0 Å². The zero-order chi connectivity index (χ0) is 47.9. The Kier molecular flexibility index (Phi) is 11.6. The number of hydrazone groups is 2. The number of anilines is 3. The van der Waals surface area contributed by atoms with Crippen molar-refractivity contribution >= 4 is 107 Å². The lowest BCUT2D eigenvalue weighted by molar-refractivity contribution is -0.111. The Bertz CT molecular complexity index is 3640. The van der Waals surface area contributed by atoms with Crippen LogP contribution >= 0.6 is 0 Å². The molecule has 338 valence electrons. The molecular weight excluding hydrogens is 981 g/mol. The number of carbonyl (C=O) groups is 2. The van der Waals surface area contributed by atoms with Gasteiger partial charge in [-0.15, -0.1) is 0 Å². The molecule has 0 heterocycles. The fourth-order valence-corrected chi connectivity index (χ4v) is 10.0. The number of nitrogens with zero attached hydrogens (tertiary/aromatic N) is 2. The molecule has 0 saturated carbocycles. The molecule has 3 aliphatic carbocycles. The minimum absolute atomic E-state index is 0.444. The molecule has 0 atom stereocenters. The monoisotopic (exact) mass is 1000 g/mol. The first-order chi connectivity index (χ1) is 29.2. The third-order valence-corrected chi connectivity index (χ3v) is 14.0. The summed E-state index contributed by atoms with van der Waals surface area (Å²) >= 11 is 0. The number of nitrogens with two attached hydrogens (primary N) is 2. The van der Waals surface area contributed by atoms with E-state index in [9.17, 15) is 87.4 Å². The molecule has 3 aromatic rings. The van der Waals surface area contributed by atoms with Gasteiger partial charge in [0, 0.05) is 22.9 Å². The standard InChI is InChI=1S/C32H24N6O20S6/c33-21-11-17(59(41,42)43)5-13-7-26(64(56,57)58)31(32(40)27(13)21)38-36-16-2-4-20(24(10-16)62(50,51)52)19-3-1-15(9-23(19)61(47,48)49)35-37-30-25(63(53,54)55)8-14-6-18(60(44,45)46)12-22(39)28(14)29(30)34/h1-12,35-36H,33-34H2,(H,41,42,43)(H,44,45,46)(H,47,48,49)(H,50,51,52)(H,53,54,55)(H,56,57,58)/b37-30+,38-31-. The molecule has 0 bridgehead atoms. The van der Waals surface area contributed by atoms with Gasteiger partial charge in [-0.05, 0) is 65.8 Å². The second-order valence-corrected chi connectivity index (χ2v) is 21.4. The van der Waals surface area contributed by atoms with Gasteiger partial charge >= 0.3 is 0 Å². The molecule has 64 heavy (non-hydrogen) atoms. The second kappa shape index (κ2) is 15.7.